The number of ether oxygens (including phenoxy) is 3. The van der Waals surface area contributed by atoms with Crippen LogP contribution in [0.2, 0.25) is 5.02 Å². The van der Waals surface area contributed by atoms with Gasteiger partial charge in [-0.15, -0.1) is 0 Å². The van der Waals surface area contributed by atoms with Gasteiger partial charge < -0.3 is 24.6 Å². The van der Waals surface area contributed by atoms with Crippen molar-refractivity contribution in [1.82, 2.24) is 4.98 Å². The van der Waals surface area contributed by atoms with E-state index in [0.29, 0.717) is 60.4 Å². The molecule has 1 saturated carbocycles. The first kappa shape index (κ1) is 32.7. The fourth-order valence-corrected chi connectivity index (χ4v) is 8.35. The number of alkyl halides is 2. The molecule has 0 radical (unpaired) electrons. The smallest absolute Gasteiger partial charge is 0.329 e. The minimum absolute atomic E-state index is 0.143. The largest absolute Gasteiger partial charge is 0.493 e. The van der Waals surface area contributed by atoms with Gasteiger partial charge in [0.15, 0.2) is 24.7 Å². The first-order valence-corrected chi connectivity index (χ1v) is 17.3. The molecule has 3 aromatic rings. The Morgan fingerprint density at radius 2 is 1.88 bits per heavy atom. The van der Waals surface area contributed by atoms with Crippen LogP contribution in [-0.4, -0.2) is 47.3 Å². The number of aromatic nitrogens is 1. The van der Waals surface area contributed by atoms with Crippen LogP contribution in [0.5, 0.6) is 17.2 Å². The molecule has 0 unspecified atom stereocenters. The molecule has 4 aliphatic rings. The molecule has 254 valence electrons. The van der Waals surface area contributed by atoms with Gasteiger partial charge in [-0.05, 0) is 111 Å². The van der Waals surface area contributed by atoms with Crippen LogP contribution >= 0.6 is 11.6 Å². The van der Waals surface area contributed by atoms with Crippen molar-refractivity contribution in [3.05, 3.63) is 81.6 Å². The van der Waals surface area contributed by atoms with Crippen molar-refractivity contribution < 1.29 is 32.9 Å². The summed E-state index contributed by atoms with van der Waals surface area (Å²) in [5.41, 5.74) is 4.37. The van der Waals surface area contributed by atoms with Crippen LogP contribution in [0.15, 0.2) is 54.2 Å². The number of rotatable bonds is 8. The van der Waals surface area contributed by atoms with Crippen LogP contribution in [0.25, 0.3) is 6.08 Å². The lowest BCUT2D eigenvalue weighted by Crippen LogP contribution is -2.52. The standard InChI is InChI=1S/C38H41ClF2N2O5/c1-23(20-46-31-9-14-42-30-8-3-5-24(2)34(30)31)15-26-16-25-17-32-33(48-22-38(40,41)21-47-32)19-29(25)36(26)10-12-37(13-11-36,35(44)45)43-28-7-4-6-27(39)18-28/h4,6-7,9,14,16-19,23-24,43H,3,5,8,10-13,15,20-22H2,1-2H3,(H,44,45)/t23-,24-,36?,37?/m1/s1. The van der Waals surface area contributed by atoms with Gasteiger partial charge in [0.2, 0.25) is 0 Å². The Morgan fingerprint density at radius 1 is 1.12 bits per heavy atom. The SMILES string of the molecule is C[C@@H](COc1ccnc2c1[C@H](C)CCC2)CC1=Cc2cc3c(cc2C12CCC(Nc1cccc(Cl)c1)(C(=O)O)CC2)OCC(F)(F)CO3. The zero-order chi connectivity index (χ0) is 33.7. The zero-order valence-electron chi connectivity index (χ0n) is 27.3. The predicted octanol–water partition coefficient (Wildman–Crippen LogP) is 8.83. The molecule has 1 aliphatic heterocycles. The number of fused-ring (bicyclic) bond motifs is 4. The number of allylic oxidation sites excluding steroid dienone is 1. The summed E-state index contributed by atoms with van der Waals surface area (Å²) in [7, 11) is 0. The lowest BCUT2D eigenvalue weighted by Gasteiger charge is -2.46. The Kier molecular flexibility index (Phi) is 8.55. The van der Waals surface area contributed by atoms with Crippen molar-refractivity contribution in [3.63, 3.8) is 0 Å². The summed E-state index contributed by atoms with van der Waals surface area (Å²) in [6, 6.07) is 12.7. The van der Waals surface area contributed by atoms with E-state index in [0.717, 1.165) is 48.3 Å². The number of carboxylic acid groups (broad SMARTS) is 1. The Balaban J connectivity index is 1.17. The number of nitrogens with one attached hydrogen (secondary N) is 1. The average Bonchev–Trinajstić information content (AvgIpc) is 3.23. The van der Waals surface area contributed by atoms with Gasteiger partial charge in [-0.1, -0.05) is 43.2 Å². The first-order chi connectivity index (χ1) is 23.0. The van der Waals surface area contributed by atoms with Crippen molar-refractivity contribution >= 4 is 29.3 Å². The lowest BCUT2D eigenvalue weighted by molar-refractivity contribution is -0.143. The number of halogens is 3. The Labute approximate surface area is 284 Å². The highest BCUT2D eigenvalue weighted by Crippen LogP contribution is 2.57. The van der Waals surface area contributed by atoms with Gasteiger partial charge in [0.25, 0.3) is 0 Å². The minimum atomic E-state index is -3.10. The predicted molar refractivity (Wildman–Crippen MR) is 181 cm³/mol. The third kappa shape index (κ3) is 6.10. The van der Waals surface area contributed by atoms with Gasteiger partial charge in [0.05, 0.1) is 6.61 Å². The second-order valence-electron chi connectivity index (χ2n) is 14.2. The van der Waals surface area contributed by atoms with E-state index >= 15 is 0 Å². The molecule has 1 spiro atoms. The van der Waals surface area contributed by atoms with Crippen molar-refractivity contribution in [2.45, 2.75) is 88.0 Å². The summed E-state index contributed by atoms with van der Waals surface area (Å²) in [5.74, 6) is -1.97. The maximum atomic E-state index is 14.2. The van der Waals surface area contributed by atoms with Crippen LogP contribution in [-0.2, 0) is 16.6 Å². The molecule has 7 nitrogen and oxygen atoms in total. The highest BCUT2D eigenvalue weighted by molar-refractivity contribution is 6.30. The second kappa shape index (κ2) is 12.6. The second-order valence-corrected chi connectivity index (χ2v) is 14.6. The third-order valence-corrected chi connectivity index (χ3v) is 10.9. The van der Waals surface area contributed by atoms with Crippen molar-refractivity contribution in [1.29, 1.82) is 0 Å². The number of benzene rings is 2. The van der Waals surface area contributed by atoms with Gasteiger partial charge >= 0.3 is 11.9 Å². The van der Waals surface area contributed by atoms with E-state index < -0.39 is 36.1 Å². The molecule has 2 heterocycles. The first-order valence-electron chi connectivity index (χ1n) is 16.9. The number of aryl methyl sites for hydroxylation is 1. The van der Waals surface area contributed by atoms with Crippen LogP contribution in [0, 0.1) is 5.92 Å². The van der Waals surface area contributed by atoms with Gasteiger partial charge in [0.1, 0.15) is 11.3 Å². The molecule has 48 heavy (non-hydrogen) atoms. The highest BCUT2D eigenvalue weighted by atomic mass is 35.5. The number of hydrogen-bond donors (Lipinski definition) is 2. The van der Waals surface area contributed by atoms with Crippen molar-refractivity contribution in [2.24, 2.45) is 5.92 Å². The number of hydrogen-bond acceptors (Lipinski definition) is 6. The number of aliphatic carboxylic acids is 1. The molecule has 10 heteroatoms. The van der Waals surface area contributed by atoms with Crippen molar-refractivity contribution in [2.75, 3.05) is 25.1 Å². The molecule has 1 aromatic heterocycles. The molecule has 3 aliphatic carbocycles. The van der Waals surface area contributed by atoms with Crippen LogP contribution < -0.4 is 19.5 Å². The van der Waals surface area contributed by atoms with E-state index in [9.17, 15) is 18.7 Å². The number of nitrogens with zero attached hydrogens (tertiary/aromatic N) is 1. The molecule has 0 bridgehead atoms. The minimum Gasteiger partial charge on any atom is -0.493 e. The molecule has 2 N–H and O–H groups in total. The third-order valence-electron chi connectivity index (χ3n) is 10.7. The monoisotopic (exact) mass is 678 g/mol. The summed E-state index contributed by atoms with van der Waals surface area (Å²) in [6.45, 7) is 3.41. The Bertz CT molecular complexity index is 1750. The van der Waals surface area contributed by atoms with Crippen LogP contribution in [0.1, 0.15) is 87.1 Å². The highest BCUT2D eigenvalue weighted by Gasteiger charge is 2.52. The molecule has 0 saturated heterocycles. The fraction of sp³-hybridized carbons (Fsp3) is 0.474. The average molecular weight is 679 g/mol. The molecule has 1 fully saturated rings. The Hall–Kier alpha value is -3.85. The van der Waals surface area contributed by atoms with Gasteiger partial charge in [-0.2, -0.15) is 8.78 Å². The van der Waals surface area contributed by atoms with Gasteiger partial charge in [0, 0.05) is 33.6 Å². The summed E-state index contributed by atoms with van der Waals surface area (Å²) < 4.78 is 46.0. The van der Waals surface area contributed by atoms with Crippen LogP contribution in [0.3, 0.4) is 0 Å². The molecular formula is C38H41ClF2N2O5. The van der Waals surface area contributed by atoms with E-state index in [2.05, 4.69) is 30.2 Å². The molecular weight excluding hydrogens is 638 g/mol. The van der Waals surface area contributed by atoms with E-state index in [1.54, 1.807) is 24.3 Å². The molecule has 2 atom stereocenters. The zero-order valence-corrected chi connectivity index (χ0v) is 28.0. The van der Waals surface area contributed by atoms with Crippen molar-refractivity contribution in [3.8, 4) is 17.2 Å². The maximum absolute atomic E-state index is 14.2. The van der Waals surface area contributed by atoms with E-state index in [1.807, 2.05) is 24.4 Å². The number of anilines is 1. The summed E-state index contributed by atoms with van der Waals surface area (Å²) in [6.07, 6.45) is 9.73. The van der Waals surface area contributed by atoms with Crippen LogP contribution in [0.4, 0.5) is 14.5 Å². The quantitative estimate of drug-likeness (QED) is 0.246. The van der Waals surface area contributed by atoms with Gasteiger partial charge in [-0.3, -0.25) is 4.98 Å². The summed E-state index contributed by atoms with van der Waals surface area (Å²) in [4.78, 5) is 17.5. The Morgan fingerprint density at radius 3 is 2.60 bits per heavy atom. The summed E-state index contributed by atoms with van der Waals surface area (Å²) >= 11 is 6.23. The van der Waals surface area contributed by atoms with Gasteiger partial charge in [-0.25, -0.2) is 4.79 Å². The number of carbonyl (C=O) groups is 1. The van der Waals surface area contributed by atoms with E-state index in [1.165, 1.54) is 11.1 Å². The molecule has 2 aromatic carbocycles. The molecule has 0 amide bonds. The normalized spacial score (nSPS) is 26.1. The van der Waals surface area contributed by atoms with E-state index in [4.69, 9.17) is 25.8 Å². The topological polar surface area (TPSA) is 89.9 Å². The lowest BCUT2D eigenvalue weighted by atomic mass is 9.61. The maximum Gasteiger partial charge on any atom is 0.329 e. The summed E-state index contributed by atoms with van der Waals surface area (Å²) in [5, 5.41) is 14.4. The molecule has 7 rings (SSSR count). The number of carboxylic acids is 1. The van der Waals surface area contributed by atoms with E-state index in [-0.39, 0.29) is 5.92 Å². The number of pyridine rings is 1. The fourth-order valence-electron chi connectivity index (χ4n) is 8.16.